The number of hydrogen-bond donors (Lipinski definition) is 1. The summed E-state index contributed by atoms with van der Waals surface area (Å²) in [5, 5.41) is 0. The van der Waals surface area contributed by atoms with Gasteiger partial charge >= 0.3 is 0 Å². The van der Waals surface area contributed by atoms with Crippen molar-refractivity contribution in [3.8, 4) is 0 Å². The van der Waals surface area contributed by atoms with Crippen molar-refractivity contribution >= 4 is 0 Å². The Hall–Kier alpha value is -1.04. The third-order valence-corrected chi connectivity index (χ3v) is 3.58. The number of rotatable bonds is 2. The lowest BCUT2D eigenvalue weighted by molar-refractivity contribution is 0.0973. The molecule has 1 aliphatic heterocycles. The maximum atomic E-state index is 13.2. The molecule has 1 saturated heterocycles. The molecule has 2 N–H and O–H groups in total. The van der Waals surface area contributed by atoms with Crippen molar-refractivity contribution in [2.45, 2.75) is 12.1 Å². The molecule has 0 radical (unpaired) electrons. The molecule has 0 bridgehead atoms. The highest BCUT2D eigenvalue weighted by Crippen LogP contribution is 2.22. The molecule has 1 heterocycles. The van der Waals surface area contributed by atoms with E-state index >= 15 is 0 Å². The highest BCUT2D eigenvalue weighted by Gasteiger charge is 2.28. The lowest BCUT2D eigenvalue weighted by Crippen LogP contribution is -2.54. The van der Waals surface area contributed by atoms with Gasteiger partial charge in [-0.2, -0.15) is 0 Å². The summed E-state index contributed by atoms with van der Waals surface area (Å²) >= 11 is 0. The first-order chi connectivity index (χ1) is 8.47. The molecule has 2 atom stereocenters. The number of nitrogens with zero attached hydrogens (tertiary/aromatic N) is 2. The fourth-order valence-corrected chi connectivity index (χ4v) is 2.42. The van der Waals surface area contributed by atoms with Crippen LogP contribution in [-0.2, 0) is 0 Å². The first-order valence-electron chi connectivity index (χ1n) is 6.07. The van der Waals surface area contributed by atoms with Crippen LogP contribution in [0.2, 0.25) is 0 Å². The van der Waals surface area contributed by atoms with Crippen LogP contribution in [0.15, 0.2) is 18.2 Å². The van der Waals surface area contributed by atoms with Crippen LogP contribution in [0.3, 0.4) is 0 Å². The molecule has 1 aromatic rings. The van der Waals surface area contributed by atoms with Gasteiger partial charge in [0.05, 0.1) is 0 Å². The molecule has 0 spiro atoms. The van der Waals surface area contributed by atoms with Crippen LogP contribution in [0.4, 0.5) is 8.78 Å². The summed E-state index contributed by atoms with van der Waals surface area (Å²) in [6.07, 6.45) is 0. The van der Waals surface area contributed by atoms with Gasteiger partial charge in [-0.3, -0.25) is 4.90 Å². The van der Waals surface area contributed by atoms with Gasteiger partial charge in [0.2, 0.25) is 0 Å². The maximum absolute atomic E-state index is 13.2. The van der Waals surface area contributed by atoms with Gasteiger partial charge in [0, 0.05) is 37.8 Å². The van der Waals surface area contributed by atoms with E-state index in [-0.39, 0.29) is 12.1 Å². The van der Waals surface area contributed by atoms with Gasteiger partial charge in [-0.15, -0.1) is 0 Å². The zero-order valence-electron chi connectivity index (χ0n) is 10.7. The van der Waals surface area contributed by atoms with E-state index < -0.39 is 11.6 Å². The SMILES string of the molecule is CN1CCN(C)C(C(N)c2cc(F)cc(F)c2)C1. The quantitative estimate of drug-likeness (QED) is 0.862. The summed E-state index contributed by atoms with van der Waals surface area (Å²) in [6, 6.07) is 3.19. The first kappa shape index (κ1) is 13.4. The molecule has 2 unspecified atom stereocenters. The molecule has 2 rings (SSSR count). The van der Waals surface area contributed by atoms with Crippen molar-refractivity contribution < 1.29 is 8.78 Å². The lowest BCUT2D eigenvalue weighted by atomic mass is 9.97. The van der Waals surface area contributed by atoms with Gasteiger partial charge in [-0.25, -0.2) is 8.78 Å². The molecule has 1 aromatic carbocycles. The molecule has 5 heteroatoms. The van der Waals surface area contributed by atoms with Crippen LogP contribution < -0.4 is 5.73 Å². The van der Waals surface area contributed by atoms with Crippen LogP contribution in [0.1, 0.15) is 11.6 Å². The van der Waals surface area contributed by atoms with E-state index in [1.807, 2.05) is 14.1 Å². The second kappa shape index (κ2) is 5.30. The summed E-state index contributed by atoms with van der Waals surface area (Å²) in [5.74, 6) is -1.15. The standard InChI is InChI=1S/C13H19F2N3/c1-17-3-4-18(2)12(8-17)13(16)9-5-10(14)7-11(15)6-9/h5-7,12-13H,3-4,8,16H2,1-2H3. The second-order valence-electron chi connectivity index (χ2n) is 5.04. The Morgan fingerprint density at radius 3 is 2.39 bits per heavy atom. The summed E-state index contributed by atoms with van der Waals surface area (Å²) in [4.78, 5) is 4.33. The van der Waals surface area contributed by atoms with Crippen molar-refractivity contribution in [2.75, 3.05) is 33.7 Å². The fraction of sp³-hybridized carbons (Fsp3) is 0.538. The second-order valence-corrected chi connectivity index (χ2v) is 5.04. The molecule has 1 fully saturated rings. The predicted octanol–water partition coefficient (Wildman–Crippen LogP) is 1.21. The number of nitrogens with two attached hydrogens (primary N) is 1. The van der Waals surface area contributed by atoms with Gasteiger partial charge in [0.15, 0.2) is 0 Å². The van der Waals surface area contributed by atoms with E-state index in [4.69, 9.17) is 5.73 Å². The number of piperazine rings is 1. The molecular weight excluding hydrogens is 236 g/mol. The van der Waals surface area contributed by atoms with Crippen LogP contribution in [0, 0.1) is 11.6 Å². The molecule has 1 aliphatic rings. The largest absolute Gasteiger partial charge is 0.323 e. The van der Waals surface area contributed by atoms with E-state index in [1.165, 1.54) is 12.1 Å². The topological polar surface area (TPSA) is 32.5 Å². The minimum Gasteiger partial charge on any atom is -0.323 e. The van der Waals surface area contributed by atoms with Crippen LogP contribution in [0.25, 0.3) is 0 Å². The van der Waals surface area contributed by atoms with Gasteiger partial charge in [0.1, 0.15) is 11.6 Å². The minimum atomic E-state index is -0.577. The average molecular weight is 255 g/mol. The Labute approximate surface area is 106 Å². The minimum absolute atomic E-state index is 0.0740. The van der Waals surface area contributed by atoms with Gasteiger partial charge in [-0.05, 0) is 31.8 Å². The molecular formula is C13H19F2N3. The van der Waals surface area contributed by atoms with Crippen molar-refractivity contribution in [3.05, 3.63) is 35.4 Å². The summed E-state index contributed by atoms with van der Waals surface area (Å²) in [7, 11) is 4.02. The Bertz CT molecular complexity index is 404. The summed E-state index contributed by atoms with van der Waals surface area (Å²) in [6.45, 7) is 2.69. The normalized spacial score (nSPS) is 24.2. The first-order valence-corrected chi connectivity index (χ1v) is 6.07. The molecule has 18 heavy (non-hydrogen) atoms. The van der Waals surface area contributed by atoms with Crippen LogP contribution in [-0.4, -0.2) is 49.6 Å². The van der Waals surface area contributed by atoms with Crippen molar-refractivity contribution in [3.63, 3.8) is 0 Å². The van der Waals surface area contributed by atoms with E-state index in [9.17, 15) is 8.78 Å². The van der Waals surface area contributed by atoms with E-state index in [0.717, 1.165) is 25.7 Å². The van der Waals surface area contributed by atoms with Crippen LogP contribution in [0.5, 0.6) is 0 Å². The average Bonchev–Trinajstić information content (AvgIpc) is 2.30. The smallest absolute Gasteiger partial charge is 0.126 e. The fourth-order valence-electron chi connectivity index (χ4n) is 2.42. The molecule has 0 aliphatic carbocycles. The maximum Gasteiger partial charge on any atom is 0.126 e. The number of halogens is 2. The van der Waals surface area contributed by atoms with Crippen molar-refractivity contribution in [1.29, 1.82) is 0 Å². The third kappa shape index (κ3) is 2.85. The van der Waals surface area contributed by atoms with E-state index in [0.29, 0.717) is 5.56 Å². The Kier molecular flexibility index (Phi) is 3.94. The number of hydrogen-bond acceptors (Lipinski definition) is 3. The Morgan fingerprint density at radius 1 is 1.17 bits per heavy atom. The molecule has 0 amide bonds. The van der Waals surface area contributed by atoms with Crippen molar-refractivity contribution in [1.82, 2.24) is 9.80 Å². The van der Waals surface area contributed by atoms with Gasteiger partial charge < -0.3 is 10.6 Å². The number of benzene rings is 1. The third-order valence-electron chi connectivity index (χ3n) is 3.58. The Morgan fingerprint density at radius 2 is 1.78 bits per heavy atom. The van der Waals surface area contributed by atoms with E-state index in [1.54, 1.807) is 0 Å². The van der Waals surface area contributed by atoms with Gasteiger partial charge in [-0.1, -0.05) is 0 Å². The van der Waals surface area contributed by atoms with Crippen LogP contribution >= 0.6 is 0 Å². The monoisotopic (exact) mass is 255 g/mol. The lowest BCUT2D eigenvalue weighted by Gasteiger charge is -2.40. The summed E-state index contributed by atoms with van der Waals surface area (Å²) < 4.78 is 26.4. The molecule has 100 valence electrons. The Balaban J connectivity index is 2.21. The molecule has 0 aromatic heterocycles. The van der Waals surface area contributed by atoms with Gasteiger partial charge in [0.25, 0.3) is 0 Å². The van der Waals surface area contributed by atoms with E-state index in [2.05, 4.69) is 9.80 Å². The number of likely N-dealkylation sites (N-methyl/N-ethyl adjacent to an activating group) is 2. The zero-order valence-corrected chi connectivity index (χ0v) is 10.7. The summed E-state index contributed by atoms with van der Waals surface area (Å²) in [5.41, 5.74) is 6.67. The zero-order chi connectivity index (χ0) is 13.3. The van der Waals surface area contributed by atoms with Crippen molar-refractivity contribution in [2.24, 2.45) is 5.73 Å². The molecule has 3 nitrogen and oxygen atoms in total. The highest BCUT2D eigenvalue weighted by molar-refractivity contribution is 5.23. The highest BCUT2D eigenvalue weighted by atomic mass is 19.1. The molecule has 0 saturated carbocycles. The predicted molar refractivity (Wildman–Crippen MR) is 67.2 cm³/mol.